The molecule has 1 atom stereocenters. The SMILES string of the molecule is CCOC(=O)N1CC[C@H](N2CCCN(C(=O)C3CCC3)CC2)C1. The number of amides is 2. The molecule has 1 saturated carbocycles. The molecule has 0 unspecified atom stereocenters. The lowest BCUT2D eigenvalue weighted by Gasteiger charge is -2.31. The van der Waals surface area contributed by atoms with E-state index in [1.807, 2.05) is 11.8 Å². The van der Waals surface area contributed by atoms with E-state index >= 15 is 0 Å². The van der Waals surface area contributed by atoms with Crippen molar-refractivity contribution in [1.29, 1.82) is 0 Å². The molecule has 0 radical (unpaired) electrons. The summed E-state index contributed by atoms with van der Waals surface area (Å²) in [4.78, 5) is 30.6. The van der Waals surface area contributed by atoms with Crippen molar-refractivity contribution in [3.8, 4) is 0 Å². The van der Waals surface area contributed by atoms with Crippen molar-refractivity contribution in [3.63, 3.8) is 0 Å². The minimum atomic E-state index is -0.188. The first-order valence-electron chi connectivity index (χ1n) is 9.13. The van der Waals surface area contributed by atoms with Gasteiger partial charge in [-0.3, -0.25) is 9.69 Å². The standard InChI is InChI=1S/C17H29N3O3/c1-2-23-17(22)20-10-7-15(13-20)18-8-4-9-19(12-11-18)16(21)14-5-3-6-14/h14-15H,2-13H2,1H3/t15-/m0/s1. The summed E-state index contributed by atoms with van der Waals surface area (Å²) in [6.45, 7) is 7.50. The van der Waals surface area contributed by atoms with Crippen LogP contribution >= 0.6 is 0 Å². The molecule has 130 valence electrons. The van der Waals surface area contributed by atoms with Gasteiger partial charge in [-0.05, 0) is 32.6 Å². The smallest absolute Gasteiger partial charge is 0.409 e. The molecule has 0 aromatic heterocycles. The highest BCUT2D eigenvalue weighted by atomic mass is 16.6. The van der Waals surface area contributed by atoms with Crippen molar-refractivity contribution in [2.24, 2.45) is 5.92 Å². The van der Waals surface area contributed by atoms with Crippen LogP contribution < -0.4 is 0 Å². The summed E-state index contributed by atoms with van der Waals surface area (Å²) in [5.41, 5.74) is 0. The normalized spacial score (nSPS) is 26.7. The molecule has 0 aromatic rings. The van der Waals surface area contributed by atoms with E-state index in [0.717, 1.165) is 65.0 Å². The first kappa shape index (κ1) is 16.6. The fourth-order valence-corrected chi connectivity index (χ4v) is 3.86. The van der Waals surface area contributed by atoms with Crippen LogP contribution in [0.4, 0.5) is 4.79 Å². The van der Waals surface area contributed by atoms with Crippen LogP contribution in [0.2, 0.25) is 0 Å². The minimum absolute atomic E-state index is 0.188. The van der Waals surface area contributed by atoms with E-state index in [2.05, 4.69) is 9.80 Å². The van der Waals surface area contributed by atoms with E-state index in [1.165, 1.54) is 6.42 Å². The monoisotopic (exact) mass is 323 g/mol. The van der Waals surface area contributed by atoms with Crippen LogP contribution in [0.25, 0.3) is 0 Å². The van der Waals surface area contributed by atoms with Gasteiger partial charge in [-0.2, -0.15) is 0 Å². The van der Waals surface area contributed by atoms with Crippen molar-refractivity contribution in [1.82, 2.24) is 14.7 Å². The molecule has 6 nitrogen and oxygen atoms in total. The summed E-state index contributed by atoms with van der Waals surface area (Å²) in [6, 6.07) is 0.415. The van der Waals surface area contributed by atoms with Gasteiger partial charge in [-0.1, -0.05) is 6.42 Å². The molecule has 2 heterocycles. The van der Waals surface area contributed by atoms with Crippen LogP contribution in [0.3, 0.4) is 0 Å². The molecule has 0 bridgehead atoms. The minimum Gasteiger partial charge on any atom is -0.450 e. The molecule has 23 heavy (non-hydrogen) atoms. The molecule has 2 amide bonds. The zero-order valence-corrected chi connectivity index (χ0v) is 14.2. The van der Waals surface area contributed by atoms with Crippen LogP contribution in [0.15, 0.2) is 0 Å². The average Bonchev–Trinajstić information content (AvgIpc) is 2.84. The Morgan fingerprint density at radius 2 is 1.78 bits per heavy atom. The van der Waals surface area contributed by atoms with E-state index in [0.29, 0.717) is 24.5 Å². The quantitative estimate of drug-likeness (QED) is 0.791. The Labute approximate surface area is 138 Å². The number of hydrogen-bond donors (Lipinski definition) is 0. The van der Waals surface area contributed by atoms with Gasteiger partial charge in [-0.15, -0.1) is 0 Å². The molecule has 2 aliphatic heterocycles. The van der Waals surface area contributed by atoms with Crippen molar-refractivity contribution in [3.05, 3.63) is 0 Å². The number of ether oxygens (including phenoxy) is 1. The van der Waals surface area contributed by atoms with E-state index in [4.69, 9.17) is 4.74 Å². The third-order valence-corrected chi connectivity index (χ3v) is 5.50. The molecular formula is C17H29N3O3. The zero-order valence-electron chi connectivity index (χ0n) is 14.2. The Bertz CT molecular complexity index is 439. The second-order valence-corrected chi connectivity index (χ2v) is 6.93. The lowest BCUT2D eigenvalue weighted by Crippen LogP contribution is -2.43. The maximum absolute atomic E-state index is 12.4. The predicted octanol–water partition coefficient (Wildman–Crippen LogP) is 1.55. The number of carbonyl (C=O) groups excluding carboxylic acids is 2. The summed E-state index contributed by atoms with van der Waals surface area (Å²) in [5.74, 6) is 0.671. The third-order valence-electron chi connectivity index (χ3n) is 5.50. The summed E-state index contributed by atoms with van der Waals surface area (Å²) in [6.07, 6.45) is 5.23. The van der Waals surface area contributed by atoms with Crippen LogP contribution in [-0.2, 0) is 9.53 Å². The van der Waals surface area contributed by atoms with Crippen LogP contribution in [-0.4, -0.2) is 78.6 Å². The van der Waals surface area contributed by atoms with Gasteiger partial charge in [0, 0.05) is 51.2 Å². The van der Waals surface area contributed by atoms with Gasteiger partial charge in [0.25, 0.3) is 0 Å². The molecule has 3 rings (SSSR count). The summed E-state index contributed by atoms with van der Waals surface area (Å²) >= 11 is 0. The molecule has 3 fully saturated rings. The second kappa shape index (κ2) is 7.51. The average molecular weight is 323 g/mol. The Balaban J connectivity index is 1.48. The van der Waals surface area contributed by atoms with Crippen molar-refractivity contribution < 1.29 is 14.3 Å². The summed E-state index contributed by atoms with van der Waals surface area (Å²) < 4.78 is 5.10. The maximum atomic E-state index is 12.4. The van der Waals surface area contributed by atoms with Gasteiger partial charge < -0.3 is 14.5 Å². The Hall–Kier alpha value is -1.30. The predicted molar refractivity (Wildman–Crippen MR) is 87.1 cm³/mol. The summed E-state index contributed by atoms with van der Waals surface area (Å²) in [5, 5.41) is 0. The van der Waals surface area contributed by atoms with Gasteiger partial charge in [0.05, 0.1) is 6.61 Å². The highest BCUT2D eigenvalue weighted by molar-refractivity contribution is 5.79. The van der Waals surface area contributed by atoms with Crippen LogP contribution in [0.5, 0.6) is 0 Å². The van der Waals surface area contributed by atoms with E-state index in [9.17, 15) is 9.59 Å². The zero-order chi connectivity index (χ0) is 16.2. The van der Waals surface area contributed by atoms with Gasteiger partial charge >= 0.3 is 6.09 Å². The van der Waals surface area contributed by atoms with Crippen molar-refractivity contribution in [2.75, 3.05) is 45.9 Å². The Morgan fingerprint density at radius 1 is 0.957 bits per heavy atom. The maximum Gasteiger partial charge on any atom is 0.409 e. The lowest BCUT2D eigenvalue weighted by atomic mass is 9.84. The fraction of sp³-hybridized carbons (Fsp3) is 0.882. The summed E-state index contributed by atoms with van der Waals surface area (Å²) in [7, 11) is 0. The Kier molecular flexibility index (Phi) is 5.41. The van der Waals surface area contributed by atoms with Crippen LogP contribution in [0.1, 0.15) is 39.0 Å². The van der Waals surface area contributed by atoms with E-state index in [-0.39, 0.29) is 6.09 Å². The van der Waals surface area contributed by atoms with Gasteiger partial charge in [0.2, 0.25) is 5.91 Å². The third kappa shape index (κ3) is 3.79. The second-order valence-electron chi connectivity index (χ2n) is 6.93. The number of nitrogens with zero attached hydrogens (tertiary/aromatic N) is 3. The number of likely N-dealkylation sites (tertiary alicyclic amines) is 1. The van der Waals surface area contributed by atoms with Gasteiger partial charge in [0.1, 0.15) is 0 Å². The largest absolute Gasteiger partial charge is 0.450 e. The van der Waals surface area contributed by atoms with Crippen LogP contribution in [0, 0.1) is 5.92 Å². The fourth-order valence-electron chi connectivity index (χ4n) is 3.86. The van der Waals surface area contributed by atoms with Crippen molar-refractivity contribution >= 4 is 12.0 Å². The first-order chi connectivity index (χ1) is 11.2. The lowest BCUT2D eigenvalue weighted by molar-refractivity contribution is -0.138. The van der Waals surface area contributed by atoms with Crippen molar-refractivity contribution in [2.45, 2.75) is 45.1 Å². The molecule has 0 spiro atoms. The molecule has 6 heteroatoms. The molecule has 0 aromatic carbocycles. The molecule has 0 N–H and O–H groups in total. The van der Waals surface area contributed by atoms with Gasteiger partial charge in [-0.25, -0.2) is 4.79 Å². The molecule has 2 saturated heterocycles. The number of carbonyl (C=O) groups is 2. The highest BCUT2D eigenvalue weighted by Crippen LogP contribution is 2.29. The highest BCUT2D eigenvalue weighted by Gasteiger charge is 2.34. The number of hydrogen-bond acceptors (Lipinski definition) is 4. The molecule has 1 aliphatic carbocycles. The first-order valence-corrected chi connectivity index (χ1v) is 9.13. The Morgan fingerprint density at radius 3 is 2.48 bits per heavy atom. The van der Waals surface area contributed by atoms with E-state index < -0.39 is 0 Å². The van der Waals surface area contributed by atoms with Gasteiger partial charge in [0.15, 0.2) is 0 Å². The molecular weight excluding hydrogens is 294 g/mol. The number of rotatable bonds is 3. The topological polar surface area (TPSA) is 53.1 Å². The van der Waals surface area contributed by atoms with E-state index in [1.54, 1.807) is 0 Å². The molecule has 3 aliphatic rings.